The van der Waals surface area contributed by atoms with Gasteiger partial charge in [-0.1, -0.05) is 45.7 Å². The van der Waals surface area contributed by atoms with Crippen molar-refractivity contribution in [2.75, 3.05) is 0 Å². The van der Waals surface area contributed by atoms with Crippen LogP contribution in [0.15, 0.2) is 41.3 Å². The van der Waals surface area contributed by atoms with Gasteiger partial charge in [0.25, 0.3) is 0 Å². The fourth-order valence-corrected chi connectivity index (χ4v) is 3.76. The standard InChI is InChI=1S/C22H24ClN5O/c1-5-13(22(2,3)4)9-14-10-16(17-7-6-8-29-17)27-20(26-14)15-11-24-21-19(15)28-18(23)12-25-21/h6-8,10-13H,5,9H2,1-4H3,(H,24,25)/t13-/m0/s1. The van der Waals surface area contributed by atoms with Crippen LogP contribution < -0.4 is 0 Å². The maximum atomic E-state index is 6.07. The first-order valence-corrected chi connectivity index (χ1v) is 10.1. The van der Waals surface area contributed by atoms with Gasteiger partial charge in [-0.2, -0.15) is 0 Å². The lowest BCUT2D eigenvalue weighted by atomic mass is 9.76. The second-order valence-corrected chi connectivity index (χ2v) is 8.70. The van der Waals surface area contributed by atoms with Crippen LogP contribution in [-0.4, -0.2) is 24.9 Å². The lowest BCUT2D eigenvalue weighted by Gasteiger charge is -2.29. The summed E-state index contributed by atoms with van der Waals surface area (Å²) in [7, 11) is 0. The highest BCUT2D eigenvalue weighted by Gasteiger charge is 2.25. The van der Waals surface area contributed by atoms with Crippen LogP contribution in [-0.2, 0) is 6.42 Å². The van der Waals surface area contributed by atoms with Crippen LogP contribution in [0.2, 0.25) is 5.15 Å². The van der Waals surface area contributed by atoms with Crippen LogP contribution in [0, 0.1) is 11.3 Å². The van der Waals surface area contributed by atoms with Gasteiger partial charge in [0.15, 0.2) is 17.2 Å². The number of furan rings is 1. The number of nitrogens with zero attached hydrogens (tertiary/aromatic N) is 4. The Kier molecular flexibility index (Phi) is 5.13. The molecule has 0 aromatic carbocycles. The van der Waals surface area contributed by atoms with Gasteiger partial charge < -0.3 is 9.40 Å². The Morgan fingerprint density at radius 1 is 1.21 bits per heavy atom. The molecule has 0 saturated heterocycles. The molecule has 0 aliphatic heterocycles. The summed E-state index contributed by atoms with van der Waals surface area (Å²) in [5.41, 5.74) is 4.00. The molecule has 150 valence electrons. The van der Waals surface area contributed by atoms with E-state index in [1.165, 1.54) is 6.20 Å². The van der Waals surface area contributed by atoms with Gasteiger partial charge in [-0.3, -0.25) is 0 Å². The fraction of sp³-hybridized carbons (Fsp3) is 0.364. The van der Waals surface area contributed by atoms with E-state index in [1.807, 2.05) is 24.4 Å². The number of aromatic amines is 1. The van der Waals surface area contributed by atoms with E-state index in [1.54, 1.807) is 6.26 Å². The average molecular weight is 410 g/mol. The molecule has 0 bridgehead atoms. The second kappa shape index (κ2) is 7.59. The largest absolute Gasteiger partial charge is 0.463 e. The van der Waals surface area contributed by atoms with Crippen molar-refractivity contribution in [2.45, 2.75) is 40.5 Å². The minimum Gasteiger partial charge on any atom is -0.463 e. The number of hydrogen-bond acceptors (Lipinski definition) is 5. The SMILES string of the molecule is CC[C@@H](Cc1cc(-c2ccco2)nc(-c2c[nH]c3ncc(Cl)nc23)n1)C(C)(C)C. The van der Waals surface area contributed by atoms with Crippen molar-refractivity contribution in [1.29, 1.82) is 0 Å². The maximum absolute atomic E-state index is 6.07. The molecular weight excluding hydrogens is 386 g/mol. The van der Waals surface area contributed by atoms with Crippen LogP contribution in [0.3, 0.4) is 0 Å². The van der Waals surface area contributed by atoms with Gasteiger partial charge in [0, 0.05) is 11.9 Å². The van der Waals surface area contributed by atoms with Crippen LogP contribution in [0.5, 0.6) is 0 Å². The second-order valence-electron chi connectivity index (χ2n) is 8.31. The van der Waals surface area contributed by atoms with E-state index in [4.69, 9.17) is 26.0 Å². The molecule has 7 heteroatoms. The molecule has 4 rings (SSSR count). The fourth-order valence-electron chi connectivity index (χ4n) is 3.63. The number of H-pyrrole nitrogens is 1. The summed E-state index contributed by atoms with van der Waals surface area (Å²) in [6.45, 7) is 9.04. The highest BCUT2D eigenvalue weighted by atomic mass is 35.5. The summed E-state index contributed by atoms with van der Waals surface area (Å²) >= 11 is 6.07. The first-order valence-electron chi connectivity index (χ1n) is 9.77. The summed E-state index contributed by atoms with van der Waals surface area (Å²) in [6, 6.07) is 5.78. The number of nitrogens with one attached hydrogen (secondary N) is 1. The van der Waals surface area contributed by atoms with Crippen molar-refractivity contribution in [3.8, 4) is 22.8 Å². The molecule has 4 aromatic heterocycles. The van der Waals surface area contributed by atoms with Crippen molar-refractivity contribution in [2.24, 2.45) is 11.3 Å². The molecule has 0 saturated carbocycles. The quantitative estimate of drug-likeness (QED) is 0.441. The van der Waals surface area contributed by atoms with E-state index in [-0.39, 0.29) is 5.41 Å². The lowest BCUT2D eigenvalue weighted by molar-refractivity contribution is 0.230. The van der Waals surface area contributed by atoms with E-state index < -0.39 is 0 Å². The van der Waals surface area contributed by atoms with Gasteiger partial charge in [0.05, 0.1) is 18.0 Å². The number of fused-ring (bicyclic) bond motifs is 1. The Hall–Kier alpha value is -2.73. The minimum atomic E-state index is 0.185. The van der Waals surface area contributed by atoms with Crippen molar-refractivity contribution < 1.29 is 4.42 Å². The topological polar surface area (TPSA) is 80.5 Å². The molecular formula is C22H24ClN5O. The van der Waals surface area contributed by atoms with E-state index in [2.05, 4.69) is 42.6 Å². The summed E-state index contributed by atoms with van der Waals surface area (Å²) in [5, 5.41) is 0.333. The smallest absolute Gasteiger partial charge is 0.163 e. The monoisotopic (exact) mass is 409 g/mol. The number of hydrogen-bond donors (Lipinski definition) is 1. The molecule has 6 nitrogen and oxygen atoms in total. The van der Waals surface area contributed by atoms with Crippen LogP contribution in [0.1, 0.15) is 39.8 Å². The van der Waals surface area contributed by atoms with E-state index in [0.717, 1.165) is 29.8 Å². The minimum absolute atomic E-state index is 0.185. The van der Waals surface area contributed by atoms with Gasteiger partial charge in [0.2, 0.25) is 0 Å². The van der Waals surface area contributed by atoms with Gasteiger partial charge >= 0.3 is 0 Å². The van der Waals surface area contributed by atoms with Gasteiger partial charge in [-0.25, -0.2) is 19.9 Å². The summed E-state index contributed by atoms with van der Waals surface area (Å²) in [4.78, 5) is 21.5. The summed E-state index contributed by atoms with van der Waals surface area (Å²) < 4.78 is 5.60. The van der Waals surface area contributed by atoms with Crippen LogP contribution in [0.25, 0.3) is 34.0 Å². The van der Waals surface area contributed by atoms with E-state index >= 15 is 0 Å². The first-order chi connectivity index (χ1) is 13.8. The zero-order chi connectivity index (χ0) is 20.6. The molecule has 0 aliphatic carbocycles. The normalized spacial score (nSPS) is 13.1. The number of aromatic nitrogens is 5. The third-order valence-corrected chi connectivity index (χ3v) is 5.50. The third-order valence-electron chi connectivity index (χ3n) is 5.32. The van der Waals surface area contributed by atoms with Crippen LogP contribution in [0.4, 0.5) is 0 Å². The van der Waals surface area contributed by atoms with E-state index in [0.29, 0.717) is 33.8 Å². The Morgan fingerprint density at radius 2 is 2.03 bits per heavy atom. The number of halogens is 1. The van der Waals surface area contributed by atoms with E-state index in [9.17, 15) is 0 Å². The zero-order valence-electron chi connectivity index (χ0n) is 17.0. The average Bonchev–Trinajstić information content (AvgIpc) is 3.34. The first kappa shape index (κ1) is 19.6. The highest BCUT2D eigenvalue weighted by molar-refractivity contribution is 6.29. The number of rotatable bonds is 5. The Bertz CT molecular complexity index is 1130. The Morgan fingerprint density at radius 3 is 2.72 bits per heavy atom. The Labute approximate surface area is 174 Å². The molecule has 4 aromatic rings. The molecule has 0 aliphatic rings. The van der Waals surface area contributed by atoms with Crippen molar-refractivity contribution in [3.63, 3.8) is 0 Å². The van der Waals surface area contributed by atoms with Gasteiger partial charge in [-0.05, 0) is 36.0 Å². The summed E-state index contributed by atoms with van der Waals surface area (Å²) in [6.07, 6.45) is 6.93. The predicted molar refractivity (Wildman–Crippen MR) is 115 cm³/mol. The summed E-state index contributed by atoms with van der Waals surface area (Å²) in [5.74, 6) is 1.79. The zero-order valence-corrected chi connectivity index (χ0v) is 17.8. The van der Waals surface area contributed by atoms with Crippen LogP contribution >= 0.6 is 11.6 Å². The maximum Gasteiger partial charge on any atom is 0.163 e. The molecule has 0 unspecified atom stereocenters. The lowest BCUT2D eigenvalue weighted by Crippen LogP contribution is -2.22. The molecule has 0 spiro atoms. The highest BCUT2D eigenvalue weighted by Crippen LogP contribution is 2.33. The molecule has 0 radical (unpaired) electrons. The molecule has 1 atom stereocenters. The van der Waals surface area contributed by atoms with Gasteiger partial charge in [-0.15, -0.1) is 0 Å². The third kappa shape index (κ3) is 4.03. The molecule has 29 heavy (non-hydrogen) atoms. The van der Waals surface area contributed by atoms with Crippen molar-refractivity contribution in [3.05, 3.63) is 47.7 Å². The Balaban J connectivity index is 1.85. The molecule has 0 fully saturated rings. The molecule has 4 heterocycles. The van der Waals surface area contributed by atoms with Crippen molar-refractivity contribution in [1.82, 2.24) is 24.9 Å². The molecule has 0 amide bonds. The van der Waals surface area contributed by atoms with Gasteiger partial charge in [0.1, 0.15) is 16.4 Å². The van der Waals surface area contributed by atoms with Crippen molar-refractivity contribution >= 4 is 22.8 Å². The molecule has 1 N–H and O–H groups in total. The predicted octanol–water partition coefficient (Wildman–Crippen LogP) is 5.94.